The van der Waals surface area contributed by atoms with Crippen molar-refractivity contribution in [1.82, 2.24) is 58.6 Å². The summed E-state index contributed by atoms with van der Waals surface area (Å²) in [5.41, 5.74) is 28.3. The quantitative estimate of drug-likeness (QED) is 0.0928. The van der Waals surface area contributed by atoms with E-state index in [-0.39, 0.29) is 0 Å². The van der Waals surface area contributed by atoms with Crippen molar-refractivity contribution in [3.63, 3.8) is 0 Å². The van der Waals surface area contributed by atoms with Crippen LogP contribution in [0.4, 0.5) is 0 Å². The first-order valence-electron chi connectivity index (χ1n) is 45.2. The highest BCUT2D eigenvalue weighted by Crippen LogP contribution is 2.40. The van der Waals surface area contributed by atoms with Crippen LogP contribution in [0.5, 0.6) is 0 Å². The van der Waals surface area contributed by atoms with Gasteiger partial charge in [-0.15, -0.1) is 0 Å². The molecule has 25 aromatic rings. The number of benzene rings is 19. The van der Waals surface area contributed by atoms with Crippen molar-refractivity contribution >= 4 is 65.4 Å². The molecule has 634 valence electrons. The Hall–Kier alpha value is -18.4. The number of hydrogen-bond donors (Lipinski definition) is 0. The summed E-state index contributed by atoms with van der Waals surface area (Å²) in [5.74, 6) is 5.88. The van der Waals surface area contributed by atoms with Crippen molar-refractivity contribution in [2.24, 2.45) is 0 Å². The molecule has 12 heteroatoms. The fraction of sp³-hybridized carbons (Fsp3) is 0. The van der Waals surface area contributed by atoms with Gasteiger partial charge < -0.3 is 13.7 Å². The summed E-state index contributed by atoms with van der Waals surface area (Å²) >= 11 is 0. The van der Waals surface area contributed by atoms with Crippen LogP contribution in [0, 0.1) is 0 Å². The van der Waals surface area contributed by atoms with Gasteiger partial charge >= 0.3 is 0 Å². The summed E-state index contributed by atoms with van der Waals surface area (Å²) in [7, 11) is 0. The van der Waals surface area contributed by atoms with E-state index < -0.39 is 0 Å². The molecule has 0 unspecified atom stereocenters. The highest BCUT2D eigenvalue weighted by Gasteiger charge is 2.21. The van der Waals surface area contributed by atoms with Gasteiger partial charge in [0.15, 0.2) is 52.4 Å². The van der Waals surface area contributed by atoms with E-state index >= 15 is 0 Å². The van der Waals surface area contributed by atoms with E-state index in [9.17, 15) is 0 Å². The van der Waals surface area contributed by atoms with Gasteiger partial charge in [-0.25, -0.2) is 44.9 Å². The third-order valence-corrected chi connectivity index (χ3v) is 24.8. The minimum Gasteiger partial charge on any atom is -0.309 e. The lowest BCUT2D eigenvalue weighted by atomic mass is 10.0. The van der Waals surface area contributed by atoms with E-state index in [1.807, 2.05) is 158 Å². The summed E-state index contributed by atoms with van der Waals surface area (Å²) in [6.45, 7) is 0. The molecule has 0 N–H and O–H groups in total. The first kappa shape index (κ1) is 81.1. The number of rotatable bonds is 16. The van der Waals surface area contributed by atoms with Gasteiger partial charge in [0.05, 0.1) is 33.1 Å². The topological polar surface area (TPSA) is 131 Å². The Labute approximate surface area is 780 Å². The predicted octanol–water partition coefficient (Wildman–Crippen LogP) is 30.6. The van der Waals surface area contributed by atoms with Crippen LogP contribution < -0.4 is 0 Å². The van der Waals surface area contributed by atoms with Crippen LogP contribution in [0.15, 0.2) is 497 Å². The molecule has 0 radical (unpaired) electrons. The molecule has 25 rings (SSSR count). The van der Waals surface area contributed by atoms with Gasteiger partial charge in [0.25, 0.3) is 0 Å². The van der Waals surface area contributed by atoms with Crippen molar-refractivity contribution in [2.75, 3.05) is 0 Å². The highest BCUT2D eigenvalue weighted by atomic mass is 15.1. The van der Waals surface area contributed by atoms with Gasteiger partial charge in [0.1, 0.15) is 0 Å². The molecular weight excluding hydrogens is 1650 g/mol. The zero-order valence-corrected chi connectivity index (χ0v) is 73.2. The molecule has 0 atom stereocenters. The third-order valence-electron chi connectivity index (χ3n) is 24.8. The van der Waals surface area contributed by atoms with E-state index in [4.69, 9.17) is 44.9 Å². The van der Waals surface area contributed by atoms with Gasteiger partial charge in [0.2, 0.25) is 0 Å². The van der Waals surface area contributed by atoms with E-state index in [1.165, 1.54) is 71.0 Å². The van der Waals surface area contributed by atoms with Gasteiger partial charge in [-0.3, -0.25) is 0 Å². The van der Waals surface area contributed by atoms with Crippen LogP contribution in [-0.4, -0.2) is 58.6 Å². The minimum absolute atomic E-state index is 0.643. The summed E-state index contributed by atoms with van der Waals surface area (Å²) in [6, 6.07) is 172. The Bertz CT molecular complexity index is 8320. The molecular formula is C123H82N12. The molecule has 0 amide bonds. The normalized spacial score (nSPS) is 11.3. The molecule has 0 aliphatic carbocycles. The molecule has 0 saturated carbocycles. The Balaban J connectivity index is 0.000000114. The van der Waals surface area contributed by atoms with E-state index in [1.54, 1.807) is 0 Å². The maximum absolute atomic E-state index is 4.97. The van der Waals surface area contributed by atoms with Crippen molar-refractivity contribution in [2.45, 2.75) is 0 Å². The predicted molar refractivity (Wildman–Crippen MR) is 553 cm³/mol. The lowest BCUT2D eigenvalue weighted by molar-refractivity contribution is 1.07. The maximum Gasteiger partial charge on any atom is 0.164 e. The number of fused-ring (bicyclic) bond motifs is 9. The molecule has 0 saturated heterocycles. The zero-order chi connectivity index (χ0) is 89.8. The van der Waals surface area contributed by atoms with Crippen molar-refractivity contribution in [3.8, 4) is 164 Å². The fourth-order valence-electron chi connectivity index (χ4n) is 18.2. The monoisotopic (exact) mass is 1730 g/mol. The molecule has 6 aromatic heterocycles. The Morgan fingerprint density at radius 2 is 0.267 bits per heavy atom. The standard InChI is InChI=1S/C45H30N4.2C39H26N4/c1-3-11-31(12-4-1)32-19-23-36(24-20-32)44-46-43(35-13-5-2-6-14-35)47-45(48-44)37-25-21-33(22-26-37)34-27-29-38(30-28-34)49-41-17-9-7-15-39(41)40-16-8-10-18-42(40)49;1-3-12-28(13-4-1)37-40-38(29-14-5-2-6-15-29)42-39(41-37)30-24-22-27(23-25-30)31-16-11-17-32(26-31)43-35-20-9-7-18-33(35)34-19-8-10-21-36(34)43;1-3-12-28(13-4-1)37-40-38(29-14-5-2-6-15-29)42-39(41-37)31-17-11-16-30(26-31)27-22-24-32(25-23-27)43-35-20-9-7-18-33(35)34-19-8-10-21-36(34)43/h1-30H;2*1-26H. The smallest absolute Gasteiger partial charge is 0.164 e. The maximum atomic E-state index is 4.97. The highest BCUT2D eigenvalue weighted by molar-refractivity contribution is 6.11. The fourth-order valence-corrected chi connectivity index (χ4v) is 18.2. The third kappa shape index (κ3) is 16.4. The second kappa shape index (κ2) is 36.3. The Kier molecular flexibility index (Phi) is 21.8. The summed E-state index contributed by atoms with van der Waals surface area (Å²) in [6.07, 6.45) is 0. The van der Waals surface area contributed by atoms with Crippen LogP contribution in [0.2, 0.25) is 0 Å². The van der Waals surface area contributed by atoms with Crippen LogP contribution >= 0.6 is 0 Å². The van der Waals surface area contributed by atoms with Gasteiger partial charge in [-0.05, 0) is 123 Å². The minimum atomic E-state index is 0.643. The lowest BCUT2D eigenvalue weighted by Gasteiger charge is -2.11. The number of nitrogens with zero attached hydrogens (tertiary/aromatic N) is 12. The molecule has 0 aliphatic rings. The van der Waals surface area contributed by atoms with Crippen molar-refractivity contribution in [3.05, 3.63) is 497 Å². The second-order valence-electron chi connectivity index (χ2n) is 33.2. The summed E-state index contributed by atoms with van der Waals surface area (Å²) in [5, 5.41) is 7.57. The molecule has 12 nitrogen and oxygen atoms in total. The van der Waals surface area contributed by atoms with E-state index in [0.29, 0.717) is 52.4 Å². The van der Waals surface area contributed by atoms with Crippen molar-refractivity contribution in [1.29, 1.82) is 0 Å². The van der Waals surface area contributed by atoms with Crippen LogP contribution in [0.3, 0.4) is 0 Å². The van der Waals surface area contributed by atoms with E-state index in [2.05, 4.69) is 353 Å². The number of aromatic nitrogens is 12. The first-order chi connectivity index (χ1) is 66.9. The molecule has 0 bridgehead atoms. The number of para-hydroxylation sites is 6. The molecule has 6 heterocycles. The Morgan fingerprint density at radius 1 is 0.104 bits per heavy atom. The van der Waals surface area contributed by atoms with Crippen LogP contribution in [0.1, 0.15) is 0 Å². The van der Waals surface area contributed by atoms with Gasteiger partial charge in [-0.2, -0.15) is 0 Å². The Morgan fingerprint density at radius 3 is 0.533 bits per heavy atom. The largest absolute Gasteiger partial charge is 0.309 e. The summed E-state index contributed by atoms with van der Waals surface area (Å²) in [4.78, 5) is 44.1. The first-order valence-corrected chi connectivity index (χ1v) is 45.2. The second-order valence-corrected chi connectivity index (χ2v) is 33.2. The van der Waals surface area contributed by atoms with E-state index in [0.717, 1.165) is 106 Å². The summed E-state index contributed by atoms with van der Waals surface area (Å²) < 4.78 is 7.03. The molecule has 0 aliphatic heterocycles. The average molecular weight is 1730 g/mol. The van der Waals surface area contributed by atoms with Gasteiger partial charge in [-0.1, -0.05) is 419 Å². The van der Waals surface area contributed by atoms with Crippen LogP contribution in [0.25, 0.3) is 229 Å². The number of hydrogen-bond acceptors (Lipinski definition) is 9. The SMILES string of the molecule is c1ccc(-c2ccc(-c3nc(-c4ccccc4)nc(-c4ccc(-c5ccc(-n6c7ccccc7c7ccccc76)cc5)cc4)n3)cc2)cc1.c1ccc(-c2nc(-c3ccccc3)nc(-c3ccc(-c4cccc(-n5c6ccccc6c6ccccc65)c4)cc3)n2)cc1.c1ccc(-c2nc(-c3ccccc3)nc(-c3cccc(-c4ccc(-n5c6ccccc6c6ccccc65)cc4)c3)n2)cc1. The molecule has 135 heavy (non-hydrogen) atoms. The zero-order valence-electron chi connectivity index (χ0n) is 73.2. The molecule has 0 spiro atoms. The molecule has 0 fully saturated rings. The van der Waals surface area contributed by atoms with Crippen LogP contribution in [-0.2, 0) is 0 Å². The van der Waals surface area contributed by atoms with Gasteiger partial charge in [0, 0.05) is 99.5 Å². The van der Waals surface area contributed by atoms with Crippen molar-refractivity contribution < 1.29 is 0 Å². The average Bonchev–Trinajstić information content (AvgIpc) is 1.61. The lowest BCUT2D eigenvalue weighted by Crippen LogP contribution is -2.00. The molecule has 19 aromatic carbocycles.